The van der Waals surface area contributed by atoms with E-state index in [4.69, 9.17) is 50.6 Å². The number of carbonyl (C=O) groups excluding carboxylic acids is 2. The summed E-state index contributed by atoms with van der Waals surface area (Å²) in [6.45, 7) is 69.2. The topological polar surface area (TPSA) is 136 Å². The van der Waals surface area contributed by atoms with Crippen LogP contribution in [0.5, 0.6) is 0 Å². The Labute approximate surface area is 562 Å². The van der Waals surface area contributed by atoms with Gasteiger partial charge in [0.05, 0.1) is 73.8 Å². The van der Waals surface area contributed by atoms with Crippen molar-refractivity contribution in [1.82, 2.24) is 0 Å². The summed E-state index contributed by atoms with van der Waals surface area (Å²) in [5.41, 5.74) is 2.15. The van der Waals surface area contributed by atoms with E-state index in [0.29, 0.717) is 38.7 Å². The minimum absolute atomic E-state index is 0.0158. The SMILES string of the molecule is C=C1C[C@H](CCC=O)OC1CC[C@H]1C[C@@H](C)C(=C)C(C[C@@H]2O[C@H](C[C@H](CO[Si](C)(C)C(C)(C)C)O[Si](C)(C)C(C)(C)C)[C@H](OC)[C@H]2CC(=O)CC2CC[C@@H]3O[C@@H]([C@H](/C=C/I)O[Si](C)(C)C(C)(C)C)[C@@H](O[Si](C)(C)C(C)(C)C)[C@@H](O[Si](C)(C)C(C)(C)C)C3O2)O1. The van der Waals surface area contributed by atoms with Gasteiger partial charge in [-0.15, -0.1) is 0 Å². The summed E-state index contributed by atoms with van der Waals surface area (Å²) >= 11 is 2.32. The second kappa shape index (κ2) is 30.8. The van der Waals surface area contributed by atoms with E-state index in [2.05, 4.69) is 222 Å². The lowest BCUT2D eigenvalue weighted by Gasteiger charge is -2.56. The number of methoxy groups -OCH3 is 1. The lowest BCUT2D eigenvalue weighted by molar-refractivity contribution is -0.266. The van der Waals surface area contributed by atoms with Gasteiger partial charge in [0, 0.05) is 45.1 Å². The van der Waals surface area contributed by atoms with Gasteiger partial charge in [-0.2, -0.15) is 0 Å². The number of aldehydes is 1. The van der Waals surface area contributed by atoms with E-state index in [1.807, 2.05) is 0 Å². The first-order valence-electron chi connectivity index (χ1n) is 34.2. The third-order valence-corrected chi connectivity index (χ3v) is 46.1. The molecule has 0 N–H and O–H groups in total. The third-order valence-electron chi connectivity index (χ3n) is 23.2. The molecule has 5 heterocycles. The highest BCUT2D eigenvalue weighted by molar-refractivity contribution is 14.1. The van der Waals surface area contributed by atoms with Gasteiger partial charge in [-0.3, -0.25) is 4.79 Å². The van der Waals surface area contributed by atoms with Crippen LogP contribution in [0.2, 0.25) is 90.7 Å². The fourth-order valence-electron chi connectivity index (χ4n) is 12.2. The second-order valence-electron chi connectivity index (χ2n) is 35.2. The average molecular weight is 1450 g/mol. The molecule has 0 aromatic rings. The van der Waals surface area contributed by atoms with Gasteiger partial charge in [-0.1, -0.05) is 147 Å². The molecule has 0 aliphatic carbocycles. The summed E-state index contributed by atoms with van der Waals surface area (Å²) in [6.07, 6.45) is 5.88. The van der Waals surface area contributed by atoms with Crippen LogP contribution in [0, 0.1) is 11.8 Å². The molecule has 0 bridgehead atoms. The Hall–Kier alpha value is -0.0656. The lowest BCUT2D eigenvalue weighted by atomic mass is 9.81. The van der Waals surface area contributed by atoms with E-state index < -0.39 is 72.1 Å². The van der Waals surface area contributed by atoms with Crippen LogP contribution in [0.1, 0.15) is 188 Å². The Morgan fingerprint density at radius 3 is 1.72 bits per heavy atom. The van der Waals surface area contributed by atoms with E-state index >= 15 is 4.79 Å². The molecule has 5 aliphatic rings. The molecule has 13 nitrogen and oxygen atoms in total. The lowest BCUT2D eigenvalue weighted by Crippen LogP contribution is -2.69. The van der Waals surface area contributed by atoms with Crippen molar-refractivity contribution in [3.05, 3.63) is 34.5 Å². The predicted molar refractivity (Wildman–Crippen MR) is 386 cm³/mol. The number of ketones is 1. The summed E-state index contributed by atoms with van der Waals surface area (Å²) in [7, 11) is -10.0. The molecule has 5 rings (SSSR count). The molecule has 19 heteroatoms. The van der Waals surface area contributed by atoms with Crippen LogP contribution in [0.15, 0.2) is 34.5 Å². The molecule has 0 radical (unpaired) electrons. The van der Waals surface area contributed by atoms with E-state index in [-0.39, 0.29) is 117 Å². The highest BCUT2D eigenvalue weighted by Gasteiger charge is 2.59. The van der Waals surface area contributed by atoms with Crippen LogP contribution in [-0.4, -0.2) is 159 Å². The normalized spacial score (nSPS) is 31.8. The highest BCUT2D eigenvalue weighted by Crippen LogP contribution is 2.50. The Bertz CT molecular complexity index is 2360. The van der Waals surface area contributed by atoms with Gasteiger partial charge in [-0.25, -0.2) is 0 Å². The molecule has 0 amide bonds. The van der Waals surface area contributed by atoms with Crippen molar-refractivity contribution in [2.45, 2.75) is 370 Å². The smallest absolute Gasteiger partial charge is 0.193 e. The number of Topliss-reactive ketones (excluding diaryl/α,β-unsaturated/α-hetero) is 1. The quantitative estimate of drug-likeness (QED) is 0.0318. The number of carbonyl (C=O) groups is 2. The second-order valence-corrected chi connectivity index (χ2v) is 59.8. The number of fused-ring (bicyclic) bond motifs is 1. The first kappa shape index (κ1) is 79.6. The van der Waals surface area contributed by atoms with Crippen LogP contribution in [0.3, 0.4) is 0 Å². The number of halogens is 1. The van der Waals surface area contributed by atoms with Crippen LogP contribution in [-0.2, 0) is 60.1 Å². The minimum atomic E-state index is -2.50. The molecule has 0 saturated carbocycles. The van der Waals surface area contributed by atoms with Crippen LogP contribution in [0.25, 0.3) is 0 Å². The van der Waals surface area contributed by atoms with Gasteiger partial charge in [0.15, 0.2) is 41.6 Å². The van der Waals surface area contributed by atoms with Crippen molar-refractivity contribution < 1.29 is 60.1 Å². The fourth-order valence-corrected chi connectivity index (χ4v) is 18.8. The average Bonchev–Trinajstić information content (AvgIpc) is 1.32. The standard InChI is InChI=1S/C70H131IO13Si5/c1-46-39-51(32-34-55-47(2)40-50(76-55)31-30-38-72)77-58(48(46)3)44-59-54(61(74-19)60(79-59)43-53(81-86(22,23)67(7,8)9)45-75-85(20,21)66(4,5)6)42-49(73)41-52-33-35-56-62(78-52)64(83-88(26,27)69(13,14)15)65(84-89(28,29)70(16,17)18)63(80-56)57(36-37-71)82-87(24,25)68(10,11)12/h36-38,46,50-65H,2-3,30-35,39-45H2,1,4-29H3/b37-36+/t46-,50+,51+,52?,53-,54+,55?,56+,57+,58?,59+,60-,61-,62?,63+,64+,65-/m1/s1. The van der Waals surface area contributed by atoms with Crippen molar-refractivity contribution in [1.29, 1.82) is 0 Å². The molecule has 5 saturated heterocycles. The molecule has 0 spiro atoms. The molecule has 0 aromatic heterocycles. The van der Waals surface area contributed by atoms with Crippen molar-refractivity contribution >= 4 is 76.2 Å². The minimum Gasteiger partial charge on any atom is -0.414 e. The maximum Gasteiger partial charge on any atom is 0.193 e. The zero-order valence-electron chi connectivity index (χ0n) is 61.3. The highest BCUT2D eigenvalue weighted by atomic mass is 127. The monoisotopic (exact) mass is 1450 g/mol. The Kier molecular flexibility index (Phi) is 27.5. The molecule has 89 heavy (non-hydrogen) atoms. The first-order chi connectivity index (χ1) is 40.5. The van der Waals surface area contributed by atoms with Gasteiger partial charge >= 0.3 is 0 Å². The molecule has 17 atom stereocenters. The Morgan fingerprint density at radius 2 is 1.18 bits per heavy atom. The maximum absolute atomic E-state index is 15.4. The van der Waals surface area contributed by atoms with Crippen LogP contribution < -0.4 is 0 Å². The molecular formula is C70H131IO13Si5. The van der Waals surface area contributed by atoms with Crippen LogP contribution in [0.4, 0.5) is 0 Å². The molecule has 0 aromatic carbocycles. The van der Waals surface area contributed by atoms with Crippen molar-refractivity contribution in [3.8, 4) is 0 Å². The summed E-state index contributed by atoms with van der Waals surface area (Å²) in [4.78, 5) is 26.6. The fraction of sp³-hybridized carbons (Fsp3) is 0.886. The zero-order chi connectivity index (χ0) is 67.6. The largest absolute Gasteiger partial charge is 0.414 e. The third kappa shape index (κ3) is 20.5. The van der Waals surface area contributed by atoms with Gasteiger partial charge < -0.3 is 55.3 Å². The molecule has 5 fully saturated rings. The molecular weight excluding hydrogens is 1320 g/mol. The number of ether oxygens (including phenoxy) is 6. The van der Waals surface area contributed by atoms with Crippen LogP contribution >= 0.6 is 22.6 Å². The van der Waals surface area contributed by atoms with Gasteiger partial charge in [0.2, 0.25) is 0 Å². The molecule has 4 unspecified atom stereocenters. The number of rotatable bonds is 28. The van der Waals surface area contributed by atoms with Gasteiger partial charge in [0.25, 0.3) is 0 Å². The maximum atomic E-state index is 15.4. The van der Waals surface area contributed by atoms with Gasteiger partial charge in [-0.05, 0) is 163 Å². The van der Waals surface area contributed by atoms with E-state index in [1.54, 1.807) is 7.11 Å². The van der Waals surface area contributed by atoms with Gasteiger partial charge in [0.1, 0.15) is 36.5 Å². The van der Waals surface area contributed by atoms with Crippen molar-refractivity contribution in [2.24, 2.45) is 11.8 Å². The summed E-state index contributed by atoms with van der Waals surface area (Å²) < 4.78 is 81.7. The zero-order valence-corrected chi connectivity index (χ0v) is 68.5. The van der Waals surface area contributed by atoms with Crippen molar-refractivity contribution in [2.75, 3.05) is 13.7 Å². The Morgan fingerprint density at radius 1 is 0.629 bits per heavy atom. The first-order valence-corrected chi connectivity index (χ1v) is 50.0. The van der Waals surface area contributed by atoms with E-state index in [9.17, 15) is 4.79 Å². The Balaban J connectivity index is 1.51. The molecule has 5 aliphatic heterocycles. The summed E-state index contributed by atoms with van der Waals surface area (Å²) in [5, 5.41) is -0.270. The summed E-state index contributed by atoms with van der Waals surface area (Å²) in [5.74, 6) is 0.0514. The molecule has 516 valence electrons. The van der Waals surface area contributed by atoms with E-state index in [0.717, 1.165) is 49.5 Å². The number of hydrogen-bond donors (Lipinski definition) is 0. The number of hydrogen-bond acceptors (Lipinski definition) is 13. The van der Waals surface area contributed by atoms with Crippen molar-refractivity contribution in [3.63, 3.8) is 0 Å². The predicted octanol–water partition coefficient (Wildman–Crippen LogP) is 18.2. The summed E-state index contributed by atoms with van der Waals surface area (Å²) in [6, 6.07) is 0. The van der Waals surface area contributed by atoms with E-state index in [1.165, 1.54) is 0 Å².